The van der Waals surface area contributed by atoms with Crippen LogP contribution in [0, 0.1) is 0 Å². The first-order chi connectivity index (χ1) is 23.4. The standard InChI is InChI=1S/C40H30O8/c41-35-27-19-9-11-21-29(27)37(43)33(31(35)25-15-5-3-6-16-25)39(45)47-23-13-1-2-14-24-48-40(46)34-32(26-17-7-4-8-18-26)36(42)28-20-10-12-22-30(28)38(34)44/h3-12,15-22H,1-2,13-14,23-24H2. The van der Waals surface area contributed by atoms with Crippen molar-refractivity contribution in [1.29, 1.82) is 0 Å². The Bertz CT molecular complexity index is 1870. The fraction of sp³-hybridized carbons (Fsp3) is 0.150. The summed E-state index contributed by atoms with van der Waals surface area (Å²) in [4.78, 5) is 79.9. The first-order valence-corrected chi connectivity index (χ1v) is 15.7. The molecule has 0 N–H and O–H groups in total. The summed E-state index contributed by atoms with van der Waals surface area (Å²) in [5.41, 5.74) is 1.24. The maximum atomic E-state index is 13.4. The highest BCUT2D eigenvalue weighted by Crippen LogP contribution is 2.34. The smallest absolute Gasteiger partial charge is 0.342 e. The molecular weight excluding hydrogens is 608 g/mol. The molecule has 0 heterocycles. The molecule has 4 aromatic carbocycles. The van der Waals surface area contributed by atoms with Gasteiger partial charge < -0.3 is 9.47 Å². The van der Waals surface area contributed by atoms with Gasteiger partial charge in [0.2, 0.25) is 11.6 Å². The predicted molar refractivity (Wildman–Crippen MR) is 177 cm³/mol. The normalized spacial score (nSPS) is 14.1. The SMILES string of the molecule is O=C(OCCCCCCOC(=O)C1=C(c2ccccc2)C(=O)c2ccccc2C1=O)C1=C(c2ccccc2)C(=O)c2ccccc2C1=O. The van der Waals surface area contributed by atoms with E-state index in [1.165, 1.54) is 12.1 Å². The third kappa shape index (κ3) is 6.20. The molecule has 0 unspecified atom stereocenters. The van der Waals surface area contributed by atoms with E-state index in [4.69, 9.17) is 9.47 Å². The zero-order chi connectivity index (χ0) is 33.6. The fourth-order valence-corrected chi connectivity index (χ4v) is 5.93. The van der Waals surface area contributed by atoms with Crippen LogP contribution in [0.2, 0.25) is 0 Å². The van der Waals surface area contributed by atoms with Crippen LogP contribution in [0.5, 0.6) is 0 Å². The zero-order valence-electron chi connectivity index (χ0n) is 25.9. The lowest BCUT2D eigenvalue weighted by atomic mass is 9.81. The van der Waals surface area contributed by atoms with Crippen LogP contribution >= 0.6 is 0 Å². The Hall–Kier alpha value is -6.02. The van der Waals surface area contributed by atoms with E-state index in [1.807, 2.05) is 0 Å². The minimum atomic E-state index is -0.855. The Kier molecular flexibility index (Phi) is 9.43. The van der Waals surface area contributed by atoms with Gasteiger partial charge in [-0.05, 0) is 36.8 Å². The van der Waals surface area contributed by atoms with Crippen molar-refractivity contribution in [3.05, 3.63) is 154 Å². The average molecular weight is 639 g/mol. The predicted octanol–water partition coefficient (Wildman–Crippen LogP) is 6.70. The van der Waals surface area contributed by atoms with Crippen LogP contribution in [-0.4, -0.2) is 48.3 Å². The number of allylic oxidation sites excluding steroid dienone is 2. The van der Waals surface area contributed by atoms with E-state index in [9.17, 15) is 28.8 Å². The highest BCUT2D eigenvalue weighted by Gasteiger charge is 2.38. The van der Waals surface area contributed by atoms with Crippen LogP contribution in [0.1, 0.15) is 78.2 Å². The minimum Gasteiger partial charge on any atom is -0.462 e. The summed E-state index contributed by atoms with van der Waals surface area (Å²) >= 11 is 0. The van der Waals surface area contributed by atoms with Gasteiger partial charge in [0.15, 0.2) is 11.6 Å². The van der Waals surface area contributed by atoms with Crippen molar-refractivity contribution in [2.45, 2.75) is 25.7 Å². The van der Waals surface area contributed by atoms with Crippen LogP contribution in [-0.2, 0) is 19.1 Å². The number of hydrogen-bond acceptors (Lipinski definition) is 8. The molecule has 0 aromatic heterocycles. The molecule has 0 fully saturated rings. The van der Waals surface area contributed by atoms with Gasteiger partial charge in [-0.3, -0.25) is 19.2 Å². The maximum absolute atomic E-state index is 13.4. The van der Waals surface area contributed by atoms with Gasteiger partial charge in [0.25, 0.3) is 0 Å². The van der Waals surface area contributed by atoms with Crippen molar-refractivity contribution in [2.75, 3.05) is 13.2 Å². The largest absolute Gasteiger partial charge is 0.462 e. The Morgan fingerprint density at radius 2 is 0.708 bits per heavy atom. The van der Waals surface area contributed by atoms with Crippen LogP contribution in [0.4, 0.5) is 0 Å². The van der Waals surface area contributed by atoms with Gasteiger partial charge in [-0.15, -0.1) is 0 Å². The number of unbranched alkanes of at least 4 members (excludes halogenated alkanes) is 3. The number of ketones is 4. The van der Waals surface area contributed by atoms with E-state index in [0.717, 1.165) is 0 Å². The molecule has 0 radical (unpaired) electrons. The quantitative estimate of drug-likeness (QED) is 0.101. The number of rotatable bonds is 11. The van der Waals surface area contributed by atoms with E-state index in [-0.39, 0.29) is 57.8 Å². The third-order valence-electron chi connectivity index (χ3n) is 8.28. The summed E-state index contributed by atoms with van der Waals surface area (Å²) < 4.78 is 10.9. The van der Waals surface area contributed by atoms with E-state index < -0.39 is 35.1 Å². The number of benzene rings is 4. The van der Waals surface area contributed by atoms with Crippen molar-refractivity contribution in [1.82, 2.24) is 0 Å². The molecule has 0 bridgehead atoms. The van der Waals surface area contributed by atoms with Gasteiger partial charge in [0.05, 0.1) is 13.2 Å². The van der Waals surface area contributed by atoms with Crippen LogP contribution in [0.3, 0.4) is 0 Å². The van der Waals surface area contributed by atoms with Crippen LogP contribution in [0.25, 0.3) is 11.1 Å². The van der Waals surface area contributed by atoms with Crippen LogP contribution < -0.4 is 0 Å². The second-order valence-corrected chi connectivity index (χ2v) is 11.3. The molecule has 0 spiro atoms. The molecule has 2 aliphatic rings. The first kappa shape index (κ1) is 31.9. The number of fused-ring (bicyclic) bond motifs is 2. The summed E-state index contributed by atoms with van der Waals surface area (Å²) in [5.74, 6) is -3.63. The number of Topliss-reactive ketones (excluding diaryl/α,β-unsaturated/α-hetero) is 4. The number of carbonyl (C=O) groups is 6. The molecule has 238 valence electrons. The van der Waals surface area contributed by atoms with Crippen molar-refractivity contribution < 1.29 is 38.2 Å². The second-order valence-electron chi connectivity index (χ2n) is 11.3. The van der Waals surface area contributed by atoms with E-state index in [2.05, 4.69) is 0 Å². The monoisotopic (exact) mass is 638 g/mol. The molecule has 0 aliphatic heterocycles. The molecule has 0 atom stereocenters. The number of esters is 2. The maximum Gasteiger partial charge on any atom is 0.342 e. The molecule has 0 saturated heterocycles. The van der Waals surface area contributed by atoms with Crippen LogP contribution in [0.15, 0.2) is 120 Å². The highest BCUT2D eigenvalue weighted by molar-refractivity contribution is 6.47. The van der Waals surface area contributed by atoms with Gasteiger partial charge in [-0.25, -0.2) is 9.59 Å². The Morgan fingerprint density at radius 3 is 1.06 bits per heavy atom. The molecule has 2 aliphatic carbocycles. The molecular formula is C40H30O8. The Labute approximate surface area is 276 Å². The number of hydrogen-bond donors (Lipinski definition) is 0. The number of ether oxygens (including phenoxy) is 2. The summed E-state index contributed by atoms with van der Waals surface area (Å²) in [6.45, 7) is 0.0489. The highest BCUT2D eigenvalue weighted by atomic mass is 16.5. The summed E-state index contributed by atoms with van der Waals surface area (Å²) in [5, 5.41) is 0. The fourth-order valence-electron chi connectivity index (χ4n) is 5.93. The van der Waals surface area contributed by atoms with Gasteiger partial charge in [-0.2, -0.15) is 0 Å². The summed E-state index contributed by atoms with van der Waals surface area (Å²) in [6, 6.07) is 30.0. The summed E-state index contributed by atoms with van der Waals surface area (Å²) in [6.07, 6.45) is 2.18. The molecule has 4 aromatic rings. The van der Waals surface area contributed by atoms with Crippen molar-refractivity contribution in [2.24, 2.45) is 0 Å². The van der Waals surface area contributed by atoms with Gasteiger partial charge in [-0.1, -0.05) is 109 Å². The van der Waals surface area contributed by atoms with Crippen molar-refractivity contribution >= 4 is 46.2 Å². The Balaban J connectivity index is 1.04. The zero-order valence-corrected chi connectivity index (χ0v) is 25.9. The van der Waals surface area contributed by atoms with Crippen molar-refractivity contribution in [3.8, 4) is 0 Å². The Morgan fingerprint density at radius 1 is 0.396 bits per heavy atom. The lowest BCUT2D eigenvalue weighted by molar-refractivity contribution is -0.139. The van der Waals surface area contributed by atoms with Gasteiger partial charge >= 0.3 is 11.9 Å². The summed E-state index contributed by atoms with van der Waals surface area (Å²) in [7, 11) is 0. The molecule has 8 nitrogen and oxygen atoms in total. The van der Waals surface area contributed by atoms with E-state index in [0.29, 0.717) is 36.8 Å². The molecule has 6 rings (SSSR count). The molecule has 0 saturated carbocycles. The average Bonchev–Trinajstić information content (AvgIpc) is 3.12. The molecule has 0 amide bonds. The molecule has 8 heteroatoms. The number of carbonyl (C=O) groups excluding carboxylic acids is 6. The van der Waals surface area contributed by atoms with E-state index >= 15 is 0 Å². The lowest BCUT2D eigenvalue weighted by Crippen LogP contribution is -2.27. The minimum absolute atomic E-state index is 0.0245. The topological polar surface area (TPSA) is 121 Å². The van der Waals surface area contributed by atoms with Gasteiger partial charge in [0, 0.05) is 33.4 Å². The second kappa shape index (κ2) is 14.2. The van der Waals surface area contributed by atoms with Gasteiger partial charge in [0.1, 0.15) is 11.1 Å². The first-order valence-electron chi connectivity index (χ1n) is 15.7. The lowest BCUT2D eigenvalue weighted by Gasteiger charge is -2.20. The van der Waals surface area contributed by atoms with E-state index in [1.54, 1.807) is 97.1 Å². The van der Waals surface area contributed by atoms with Crippen molar-refractivity contribution in [3.63, 3.8) is 0 Å². The molecule has 48 heavy (non-hydrogen) atoms. The third-order valence-corrected chi connectivity index (χ3v) is 8.28.